The van der Waals surface area contributed by atoms with Gasteiger partial charge in [-0.3, -0.25) is 9.59 Å². The molecule has 1 amide bonds. The minimum Gasteiger partial charge on any atom is -0.481 e. The van der Waals surface area contributed by atoms with E-state index in [0.717, 1.165) is 22.8 Å². The maximum atomic E-state index is 12.6. The van der Waals surface area contributed by atoms with Crippen LogP contribution in [0, 0.1) is 5.92 Å². The zero-order valence-corrected chi connectivity index (χ0v) is 15.6. The quantitative estimate of drug-likeness (QED) is 0.862. The number of carboxylic acid groups (broad SMARTS) is 1. The van der Waals surface area contributed by atoms with Crippen LogP contribution in [0.25, 0.3) is 0 Å². The first-order chi connectivity index (χ1) is 11.5. The van der Waals surface area contributed by atoms with Crippen molar-refractivity contribution in [2.75, 3.05) is 30.3 Å². The molecule has 4 nitrogen and oxygen atoms in total. The lowest BCUT2D eigenvalue weighted by Gasteiger charge is -2.23. The topological polar surface area (TPSA) is 57.6 Å². The first kappa shape index (κ1) is 18.0. The summed E-state index contributed by atoms with van der Waals surface area (Å²) >= 11 is 9.67. The van der Waals surface area contributed by atoms with E-state index in [4.69, 9.17) is 11.6 Å². The molecule has 24 heavy (non-hydrogen) atoms. The molecule has 0 aliphatic carbocycles. The van der Waals surface area contributed by atoms with Crippen molar-refractivity contribution in [1.82, 2.24) is 4.90 Å². The van der Waals surface area contributed by atoms with Gasteiger partial charge in [-0.2, -0.15) is 23.5 Å². The molecule has 0 aromatic heterocycles. The van der Waals surface area contributed by atoms with Crippen molar-refractivity contribution in [1.29, 1.82) is 0 Å². The van der Waals surface area contributed by atoms with E-state index in [1.807, 2.05) is 35.7 Å². The molecule has 0 bridgehead atoms. The monoisotopic (exact) mass is 385 g/mol. The van der Waals surface area contributed by atoms with Crippen LogP contribution in [0.3, 0.4) is 0 Å². The van der Waals surface area contributed by atoms with Gasteiger partial charge in [0.25, 0.3) is 0 Å². The highest BCUT2D eigenvalue weighted by Crippen LogP contribution is 2.35. The van der Waals surface area contributed by atoms with E-state index in [1.165, 1.54) is 0 Å². The smallest absolute Gasteiger partial charge is 0.308 e. The molecule has 2 fully saturated rings. The Hall–Kier alpha value is -0.850. The first-order valence-corrected chi connectivity index (χ1v) is 10.6. The highest BCUT2D eigenvalue weighted by molar-refractivity contribution is 8.06. The third-order valence-electron chi connectivity index (χ3n) is 4.58. The zero-order valence-electron chi connectivity index (χ0n) is 13.2. The van der Waals surface area contributed by atoms with Gasteiger partial charge in [0.1, 0.15) is 0 Å². The maximum absolute atomic E-state index is 12.6. The average molecular weight is 386 g/mol. The second-order valence-corrected chi connectivity index (χ2v) is 9.17. The van der Waals surface area contributed by atoms with E-state index in [1.54, 1.807) is 17.0 Å². The summed E-state index contributed by atoms with van der Waals surface area (Å²) in [5.41, 5.74) is 0.935. The lowest BCUT2D eigenvalue weighted by molar-refractivity contribution is -0.141. The summed E-state index contributed by atoms with van der Waals surface area (Å²) in [6, 6.07) is 7.28. The Morgan fingerprint density at radius 3 is 2.58 bits per heavy atom. The Bertz CT molecular complexity index is 604. The molecule has 3 rings (SSSR count). The molecule has 130 valence electrons. The van der Waals surface area contributed by atoms with Crippen LogP contribution in [0.5, 0.6) is 0 Å². The van der Waals surface area contributed by atoms with Crippen LogP contribution in [0.1, 0.15) is 17.9 Å². The number of likely N-dealkylation sites (tertiary alicyclic amines) is 1. The lowest BCUT2D eigenvalue weighted by Crippen LogP contribution is -2.33. The summed E-state index contributed by atoms with van der Waals surface area (Å²) in [6.45, 7) is 0.772. The number of nitrogens with zero attached hydrogens (tertiary/aromatic N) is 1. The standard InChI is InChI=1S/C17H20ClNO3S2/c18-12-3-1-11(2-4-12)14-8-19(9-15(14)17(21)22)16(20)7-13-10-23-5-6-24-13/h1-4,13-15H,5-10H2,(H,21,22)/t13?,14-,15+/m0/s1. The number of aliphatic carboxylic acids is 1. The minimum absolute atomic E-state index is 0.0812. The van der Waals surface area contributed by atoms with Crippen LogP contribution in [0.2, 0.25) is 5.02 Å². The number of hydrogen-bond acceptors (Lipinski definition) is 4. The molecule has 3 atom stereocenters. The number of benzene rings is 1. The largest absolute Gasteiger partial charge is 0.481 e. The number of carbonyl (C=O) groups excluding carboxylic acids is 1. The van der Waals surface area contributed by atoms with Crippen LogP contribution >= 0.6 is 35.1 Å². The highest BCUT2D eigenvalue weighted by atomic mass is 35.5. The fourth-order valence-corrected chi connectivity index (χ4v) is 6.08. The summed E-state index contributed by atoms with van der Waals surface area (Å²) < 4.78 is 0. The van der Waals surface area contributed by atoms with E-state index in [0.29, 0.717) is 29.8 Å². The van der Waals surface area contributed by atoms with E-state index in [9.17, 15) is 14.7 Å². The summed E-state index contributed by atoms with van der Waals surface area (Å²) in [4.78, 5) is 26.0. The first-order valence-electron chi connectivity index (χ1n) is 8.00. The average Bonchev–Trinajstić information content (AvgIpc) is 3.02. The number of amides is 1. The van der Waals surface area contributed by atoms with Gasteiger partial charge in [0.2, 0.25) is 5.91 Å². The normalized spacial score (nSPS) is 27.2. The second-order valence-electron chi connectivity index (χ2n) is 6.17. The van der Waals surface area contributed by atoms with E-state index in [-0.39, 0.29) is 11.8 Å². The number of thioether (sulfide) groups is 2. The molecule has 0 spiro atoms. The van der Waals surface area contributed by atoms with Gasteiger partial charge < -0.3 is 10.0 Å². The van der Waals surface area contributed by atoms with Crippen molar-refractivity contribution in [3.8, 4) is 0 Å². The molecular formula is C17H20ClNO3S2. The molecule has 1 aromatic carbocycles. The number of hydrogen-bond donors (Lipinski definition) is 1. The second kappa shape index (κ2) is 8.02. The van der Waals surface area contributed by atoms with Crippen LogP contribution in [-0.2, 0) is 9.59 Å². The van der Waals surface area contributed by atoms with E-state index >= 15 is 0 Å². The van der Waals surface area contributed by atoms with Gasteiger partial charge in [-0.15, -0.1) is 0 Å². The van der Waals surface area contributed by atoms with Gasteiger partial charge >= 0.3 is 5.97 Å². The van der Waals surface area contributed by atoms with Gasteiger partial charge in [-0.05, 0) is 17.7 Å². The molecule has 1 unspecified atom stereocenters. The Labute approximate surface area is 155 Å². The Morgan fingerprint density at radius 1 is 1.21 bits per heavy atom. The zero-order chi connectivity index (χ0) is 17.1. The van der Waals surface area contributed by atoms with Crippen molar-refractivity contribution in [2.24, 2.45) is 5.92 Å². The van der Waals surface area contributed by atoms with Crippen molar-refractivity contribution >= 4 is 47.0 Å². The fourth-order valence-electron chi connectivity index (χ4n) is 3.28. The molecule has 2 aliphatic rings. The maximum Gasteiger partial charge on any atom is 0.308 e. The number of carboxylic acids is 1. The number of halogens is 1. The van der Waals surface area contributed by atoms with Crippen molar-refractivity contribution in [3.63, 3.8) is 0 Å². The molecule has 0 radical (unpaired) electrons. The Kier molecular flexibility index (Phi) is 6.00. The highest BCUT2D eigenvalue weighted by Gasteiger charge is 2.40. The molecule has 2 saturated heterocycles. The molecular weight excluding hydrogens is 366 g/mol. The predicted molar refractivity (Wildman–Crippen MR) is 100 cm³/mol. The van der Waals surface area contributed by atoms with Gasteiger partial charge in [0.15, 0.2) is 0 Å². The van der Waals surface area contributed by atoms with Crippen molar-refractivity contribution in [2.45, 2.75) is 17.6 Å². The Balaban J connectivity index is 1.68. The molecule has 2 heterocycles. The van der Waals surface area contributed by atoms with E-state index < -0.39 is 11.9 Å². The molecule has 0 saturated carbocycles. The SMILES string of the molecule is O=C(O)[C@@H]1CN(C(=O)CC2CSCCS2)C[C@H]1c1ccc(Cl)cc1. The predicted octanol–water partition coefficient (Wildman–Crippen LogP) is 3.21. The number of rotatable bonds is 4. The number of carbonyl (C=O) groups is 2. The van der Waals surface area contributed by atoms with Gasteiger partial charge in [0, 0.05) is 53.0 Å². The Morgan fingerprint density at radius 2 is 1.96 bits per heavy atom. The summed E-state index contributed by atoms with van der Waals surface area (Å²) in [7, 11) is 0. The third-order valence-corrected chi connectivity index (χ3v) is 7.67. The fraction of sp³-hybridized carbons (Fsp3) is 0.529. The van der Waals surface area contributed by atoms with Crippen LogP contribution in [-0.4, -0.2) is 57.5 Å². The van der Waals surface area contributed by atoms with Crippen LogP contribution in [0.4, 0.5) is 0 Å². The lowest BCUT2D eigenvalue weighted by atomic mass is 9.89. The molecule has 7 heteroatoms. The molecule has 2 aliphatic heterocycles. The van der Waals surface area contributed by atoms with Crippen LogP contribution < -0.4 is 0 Å². The summed E-state index contributed by atoms with van der Waals surface area (Å²) in [5.74, 6) is 1.77. The molecule has 1 N–H and O–H groups in total. The summed E-state index contributed by atoms with van der Waals surface area (Å²) in [5, 5.41) is 10.5. The van der Waals surface area contributed by atoms with Crippen molar-refractivity contribution in [3.05, 3.63) is 34.9 Å². The van der Waals surface area contributed by atoms with Gasteiger partial charge in [-0.25, -0.2) is 0 Å². The van der Waals surface area contributed by atoms with Gasteiger partial charge in [-0.1, -0.05) is 23.7 Å². The minimum atomic E-state index is -0.840. The van der Waals surface area contributed by atoms with Gasteiger partial charge in [0.05, 0.1) is 5.92 Å². The van der Waals surface area contributed by atoms with E-state index in [2.05, 4.69) is 0 Å². The van der Waals surface area contributed by atoms with Crippen LogP contribution in [0.15, 0.2) is 24.3 Å². The summed E-state index contributed by atoms with van der Waals surface area (Å²) in [6.07, 6.45) is 0.511. The van der Waals surface area contributed by atoms with Crippen molar-refractivity contribution < 1.29 is 14.7 Å². The molecule has 1 aromatic rings. The third kappa shape index (κ3) is 4.21.